The Bertz CT molecular complexity index is 1050. The molecule has 2 aromatic carbocycles. The van der Waals surface area contributed by atoms with Gasteiger partial charge in [-0.3, -0.25) is 14.5 Å². The molecule has 0 radical (unpaired) electrons. The fourth-order valence-electron chi connectivity index (χ4n) is 2.89. The predicted octanol–water partition coefficient (Wildman–Crippen LogP) is 4.01. The number of anilines is 1. The molecule has 2 aromatic rings. The minimum atomic E-state index is -1.03. The number of carbonyl (C=O) groups is 3. The Labute approximate surface area is 189 Å². The van der Waals surface area contributed by atoms with E-state index in [0.717, 1.165) is 5.56 Å². The number of rotatable bonds is 8. The Morgan fingerprint density at radius 2 is 1.97 bits per heavy atom. The second-order valence-electron chi connectivity index (χ2n) is 6.64. The number of hydrogen-bond donors (Lipinski definition) is 2. The zero-order valence-electron chi connectivity index (χ0n) is 16.7. The molecule has 0 bridgehead atoms. The summed E-state index contributed by atoms with van der Waals surface area (Å²) in [7, 11) is 1.58. The normalized spacial score (nSPS) is 14.7. The highest BCUT2D eigenvalue weighted by Crippen LogP contribution is 2.33. The van der Waals surface area contributed by atoms with E-state index in [1.54, 1.807) is 13.2 Å². The first-order chi connectivity index (χ1) is 14.9. The molecule has 1 aliphatic rings. The quantitative estimate of drug-likeness (QED) is 0.458. The number of thioether (sulfide) groups is 1. The maximum atomic E-state index is 12.7. The summed E-state index contributed by atoms with van der Waals surface area (Å²) >= 11 is 6.57. The summed E-state index contributed by atoms with van der Waals surface area (Å²) in [6, 6.07) is 13.3. The molecule has 31 heavy (non-hydrogen) atoms. The molecule has 2 N–H and O–H groups in total. The molecule has 1 saturated heterocycles. The monoisotopic (exact) mass is 456 g/mol. The first kappa shape index (κ1) is 22.5. The van der Waals surface area contributed by atoms with Crippen molar-refractivity contribution in [3.63, 3.8) is 0 Å². The Morgan fingerprint density at radius 3 is 2.65 bits per heavy atom. The van der Waals surface area contributed by atoms with Gasteiger partial charge in [0.15, 0.2) is 0 Å². The fraction of sp³-hybridized carbons (Fsp3) is 0.182. The van der Waals surface area contributed by atoms with Crippen molar-refractivity contribution < 1.29 is 24.2 Å². The summed E-state index contributed by atoms with van der Waals surface area (Å²) in [6.45, 7) is 0.339. The van der Waals surface area contributed by atoms with Gasteiger partial charge in [0.2, 0.25) is 5.91 Å². The summed E-state index contributed by atoms with van der Waals surface area (Å²) in [5, 5.41) is 11.6. The topological polar surface area (TPSA) is 95.9 Å². The van der Waals surface area contributed by atoms with Gasteiger partial charge in [0, 0.05) is 18.7 Å². The maximum absolute atomic E-state index is 12.7. The number of nitrogens with one attached hydrogen (secondary N) is 1. The van der Waals surface area contributed by atoms with Crippen LogP contribution in [0.1, 0.15) is 28.8 Å². The molecule has 160 valence electrons. The third-order valence-electron chi connectivity index (χ3n) is 4.47. The highest BCUT2D eigenvalue weighted by atomic mass is 32.2. The Hall–Kier alpha value is -3.17. The van der Waals surface area contributed by atoms with Crippen LogP contribution in [0.4, 0.5) is 5.69 Å². The Morgan fingerprint density at radius 1 is 1.23 bits per heavy atom. The van der Waals surface area contributed by atoms with Crippen molar-refractivity contribution in [3.8, 4) is 5.75 Å². The molecule has 3 rings (SSSR count). The molecule has 0 spiro atoms. The van der Waals surface area contributed by atoms with E-state index >= 15 is 0 Å². The third-order valence-corrected chi connectivity index (χ3v) is 5.84. The number of carboxylic acid groups (broad SMARTS) is 1. The van der Waals surface area contributed by atoms with Gasteiger partial charge >= 0.3 is 5.97 Å². The van der Waals surface area contributed by atoms with Crippen molar-refractivity contribution >= 4 is 57.8 Å². The van der Waals surface area contributed by atoms with E-state index < -0.39 is 5.97 Å². The molecule has 0 saturated carbocycles. The SMILES string of the molecule is COc1cccc(C=C2SC(=S)N(CCCC(=O)Nc3ccc(C(=O)O)cc3)C2=O)c1. The van der Waals surface area contributed by atoms with Crippen LogP contribution in [0.3, 0.4) is 0 Å². The number of nitrogens with zero attached hydrogens (tertiary/aromatic N) is 1. The Balaban J connectivity index is 1.52. The lowest BCUT2D eigenvalue weighted by molar-refractivity contribution is -0.122. The molecular formula is C22H20N2O5S2. The van der Waals surface area contributed by atoms with E-state index in [4.69, 9.17) is 22.1 Å². The van der Waals surface area contributed by atoms with Crippen LogP contribution in [0.15, 0.2) is 53.4 Å². The van der Waals surface area contributed by atoms with Crippen LogP contribution in [-0.2, 0) is 9.59 Å². The number of benzene rings is 2. The van der Waals surface area contributed by atoms with Gasteiger partial charge in [0.1, 0.15) is 10.1 Å². The minimum absolute atomic E-state index is 0.148. The molecule has 0 aliphatic carbocycles. The summed E-state index contributed by atoms with van der Waals surface area (Å²) in [4.78, 5) is 37.7. The number of methoxy groups -OCH3 is 1. The van der Waals surface area contributed by atoms with Crippen LogP contribution >= 0.6 is 24.0 Å². The minimum Gasteiger partial charge on any atom is -0.497 e. The summed E-state index contributed by atoms with van der Waals surface area (Å²) in [5.41, 5.74) is 1.50. The van der Waals surface area contributed by atoms with Gasteiger partial charge in [-0.15, -0.1) is 0 Å². The van der Waals surface area contributed by atoms with E-state index in [-0.39, 0.29) is 23.8 Å². The first-order valence-corrected chi connectivity index (χ1v) is 10.6. The fourth-order valence-corrected chi connectivity index (χ4v) is 4.20. The zero-order chi connectivity index (χ0) is 22.4. The number of carboxylic acids is 1. The summed E-state index contributed by atoms with van der Waals surface area (Å²) in [6.07, 6.45) is 2.42. The molecule has 9 heteroatoms. The van der Waals surface area contributed by atoms with Crippen LogP contribution in [0, 0.1) is 0 Å². The van der Waals surface area contributed by atoms with E-state index in [9.17, 15) is 14.4 Å². The van der Waals surface area contributed by atoms with Crippen molar-refractivity contribution in [3.05, 3.63) is 64.6 Å². The zero-order valence-corrected chi connectivity index (χ0v) is 18.3. The van der Waals surface area contributed by atoms with Crippen molar-refractivity contribution in [1.29, 1.82) is 0 Å². The maximum Gasteiger partial charge on any atom is 0.335 e. The van der Waals surface area contributed by atoms with Gasteiger partial charge in [-0.2, -0.15) is 0 Å². The van der Waals surface area contributed by atoms with Crippen LogP contribution < -0.4 is 10.1 Å². The van der Waals surface area contributed by atoms with E-state index in [0.29, 0.717) is 33.6 Å². The molecule has 1 heterocycles. The molecule has 0 unspecified atom stereocenters. The number of hydrogen-bond acceptors (Lipinski definition) is 6. The highest BCUT2D eigenvalue weighted by Gasteiger charge is 2.31. The Kier molecular flexibility index (Phi) is 7.43. The van der Waals surface area contributed by atoms with Gasteiger partial charge in [-0.25, -0.2) is 4.79 Å². The van der Waals surface area contributed by atoms with Gasteiger partial charge < -0.3 is 15.2 Å². The molecule has 1 aliphatic heterocycles. The largest absolute Gasteiger partial charge is 0.497 e. The lowest BCUT2D eigenvalue weighted by Gasteiger charge is -2.14. The van der Waals surface area contributed by atoms with Crippen LogP contribution in [-0.4, -0.2) is 45.8 Å². The van der Waals surface area contributed by atoms with Crippen LogP contribution in [0.25, 0.3) is 6.08 Å². The molecular weight excluding hydrogens is 436 g/mol. The van der Waals surface area contributed by atoms with E-state index in [2.05, 4.69) is 5.32 Å². The summed E-state index contributed by atoms with van der Waals surface area (Å²) in [5.74, 6) is -0.724. The lowest BCUT2D eigenvalue weighted by Crippen LogP contribution is -2.29. The highest BCUT2D eigenvalue weighted by molar-refractivity contribution is 8.26. The standard InChI is InChI=1S/C22H20N2O5S2/c1-29-17-5-2-4-14(12-17)13-18-20(26)24(22(30)31-18)11-3-6-19(25)23-16-9-7-15(8-10-16)21(27)28/h2,4-5,7-10,12-13H,3,6,11H2,1H3,(H,23,25)(H,27,28). The number of amides is 2. The lowest BCUT2D eigenvalue weighted by atomic mass is 10.2. The second-order valence-corrected chi connectivity index (χ2v) is 8.32. The van der Waals surface area contributed by atoms with Gasteiger partial charge in [-0.1, -0.05) is 36.1 Å². The van der Waals surface area contributed by atoms with Gasteiger partial charge in [-0.05, 0) is 54.5 Å². The number of thiocarbonyl (C=S) groups is 1. The molecule has 1 fully saturated rings. The summed E-state index contributed by atoms with van der Waals surface area (Å²) < 4.78 is 5.66. The van der Waals surface area contributed by atoms with E-state index in [1.807, 2.05) is 24.3 Å². The number of carbonyl (C=O) groups excluding carboxylic acids is 2. The first-order valence-electron chi connectivity index (χ1n) is 9.40. The van der Waals surface area contributed by atoms with Crippen molar-refractivity contribution in [1.82, 2.24) is 4.90 Å². The van der Waals surface area contributed by atoms with Crippen molar-refractivity contribution in [2.75, 3.05) is 19.0 Å². The molecule has 2 amide bonds. The molecule has 7 nitrogen and oxygen atoms in total. The average Bonchev–Trinajstić information content (AvgIpc) is 3.01. The van der Waals surface area contributed by atoms with Gasteiger partial charge in [0.25, 0.3) is 5.91 Å². The number of ether oxygens (including phenoxy) is 1. The smallest absolute Gasteiger partial charge is 0.335 e. The molecule has 0 atom stereocenters. The predicted molar refractivity (Wildman–Crippen MR) is 124 cm³/mol. The third kappa shape index (κ3) is 5.93. The molecule has 0 aromatic heterocycles. The number of aromatic carboxylic acids is 1. The van der Waals surface area contributed by atoms with Crippen molar-refractivity contribution in [2.24, 2.45) is 0 Å². The van der Waals surface area contributed by atoms with Crippen LogP contribution in [0.5, 0.6) is 5.75 Å². The van der Waals surface area contributed by atoms with Crippen LogP contribution in [0.2, 0.25) is 0 Å². The van der Waals surface area contributed by atoms with Gasteiger partial charge in [0.05, 0.1) is 17.6 Å². The second kappa shape index (κ2) is 10.2. The average molecular weight is 457 g/mol. The van der Waals surface area contributed by atoms with E-state index in [1.165, 1.54) is 40.9 Å². The van der Waals surface area contributed by atoms with Crippen molar-refractivity contribution in [2.45, 2.75) is 12.8 Å².